The van der Waals surface area contributed by atoms with E-state index in [9.17, 15) is 0 Å². The third-order valence-electron chi connectivity index (χ3n) is 3.27. The van der Waals surface area contributed by atoms with Crippen LogP contribution in [0.5, 0.6) is 0 Å². The van der Waals surface area contributed by atoms with Gasteiger partial charge in [0, 0.05) is 17.3 Å². The molecule has 0 radical (unpaired) electrons. The second kappa shape index (κ2) is 6.60. The van der Waals surface area contributed by atoms with E-state index in [2.05, 4.69) is 54.4 Å². The molecule has 0 saturated heterocycles. The van der Waals surface area contributed by atoms with Gasteiger partial charge in [-0.3, -0.25) is 4.98 Å². The Bertz CT molecular complexity index is 678. The fraction of sp³-hybridized carbons (Fsp3) is 0.0556. The van der Waals surface area contributed by atoms with E-state index in [0.29, 0.717) is 0 Å². The molecule has 0 amide bonds. The van der Waals surface area contributed by atoms with Crippen LogP contribution in [0.2, 0.25) is 0 Å². The number of aryl methyl sites for hydroxylation is 1. The first-order valence-electron chi connectivity index (χ1n) is 6.42. The van der Waals surface area contributed by atoms with Crippen molar-refractivity contribution in [1.29, 1.82) is 0 Å². The van der Waals surface area contributed by atoms with E-state index < -0.39 is 0 Å². The molecule has 98 valence electrons. The molecule has 1 aromatic heterocycles. The quantitative estimate of drug-likeness (QED) is 0.565. The van der Waals surface area contributed by atoms with Crippen LogP contribution in [0.15, 0.2) is 72.9 Å². The fourth-order valence-electron chi connectivity index (χ4n) is 2.24. The van der Waals surface area contributed by atoms with Gasteiger partial charge in [0.05, 0.1) is 5.69 Å². The predicted molar refractivity (Wildman–Crippen MR) is 79.8 cm³/mol. The van der Waals surface area contributed by atoms with Gasteiger partial charge in [0.25, 0.3) is 0 Å². The van der Waals surface area contributed by atoms with Gasteiger partial charge in [-0.15, -0.1) is 0 Å². The molecule has 0 saturated carbocycles. The summed E-state index contributed by atoms with van der Waals surface area (Å²) in [6.07, 6.45) is 1.97. The number of hydrogen-bond donors (Lipinski definition) is 0. The van der Waals surface area contributed by atoms with Crippen LogP contribution < -0.4 is 0 Å². The molecule has 0 aliphatic heterocycles. The Labute approximate surface area is 133 Å². The molecule has 0 spiro atoms. The molecule has 0 aliphatic carbocycles. The molecule has 1 heterocycles. The van der Waals surface area contributed by atoms with Crippen molar-refractivity contribution in [2.45, 2.75) is 6.92 Å². The minimum atomic E-state index is 0. The van der Waals surface area contributed by atoms with E-state index in [4.69, 9.17) is 0 Å². The molecular weight excluding hydrogens is 422 g/mol. The minimum absolute atomic E-state index is 0. The number of benzene rings is 2. The molecule has 1 nitrogen and oxygen atoms in total. The van der Waals surface area contributed by atoms with Crippen molar-refractivity contribution >= 4 is 0 Å². The molecule has 2 heteroatoms. The zero-order valence-corrected chi connectivity index (χ0v) is 13.6. The Balaban J connectivity index is 0.00000147. The molecule has 0 N–H and O–H groups in total. The Morgan fingerprint density at radius 1 is 0.750 bits per heavy atom. The van der Waals surface area contributed by atoms with Crippen LogP contribution in [0.4, 0.5) is 0 Å². The summed E-state index contributed by atoms with van der Waals surface area (Å²) in [7, 11) is 0. The summed E-state index contributed by atoms with van der Waals surface area (Å²) < 4.78 is 0. The maximum absolute atomic E-state index is 4.59. The largest absolute Gasteiger partial charge is 3.00 e. The normalized spacial score (nSPS) is 9.85. The van der Waals surface area contributed by atoms with E-state index in [1.807, 2.05) is 30.5 Å². The van der Waals surface area contributed by atoms with Gasteiger partial charge in [0.15, 0.2) is 0 Å². The van der Waals surface area contributed by atoms with Crippen LogP contribution in [0.25, 0.3) is 22.4 Å². The third-order valence-corrected chi connectivity index (χ3v) is 3.27. The number of aromatic nitrogens is 1. The van der Waals surface area contributed by atoms with Crippen molar-refractivity contribution in [2.24, 2.45) is 0 Å². The molecule has 20 heavy (non-hydrogen) atoms. The monoisotopic (exact) mass is 438 g/mol. The van der Waals surface area contributed by atoms with Gasteiger partial charge in [-0.2, -0.15) is 0 Å². The van der Waals surface area contributed by atoms with Crippen LogP contribution in [-0.2, 0) is 20.1 Å². The SMILES string of the molecule is Cc1cc(-c2ccccc2)ncc1-c1ccccc1.[Ir+3]. The topological polar surface area (TPSA) is 12.9 Å². The van der Waals surface area contributed by atoms with Crippen LogP contribution in [0.1, 0.15) is 5.56 Å². The number of nitrogens with zero attached hydrogens (tertiary/aromatic N) is 1. The molecule has 0 bridgehead atoms. The second-order valence-electron chi connectivity index (χ2n) is 4.62. The van der Waals surface area contributed by atoms with Crippen molar-refractivity contribution in [1.82, 2.24) is 4.98 Å². The second-order valence-corrected chi connectivity index (χ2v) is 4.62. The van der Waals surface area contributed by atoms with Crippen LogP contribution in [0, 0.1) is 6.92 Å². The molecule has 3 aromatic rings. The summed E-state index contributed by atoms with van der Waals surface area (Å²) >= 11 is 0. The van der Waals surface area contributed by atoms with Gasteiger partial charge in [-0.05, 0) is 24.1 Å². The molecule has 0 fully saturated rings. The molecular formula is C18H15IrN+3. The van der Waals surface area contributed by atoms with Gasteiger partial charge < -0.3 is 0 Å². The Hall–Kier alpha value is -1.76. The minimum Gasteiger partial charge on any atom is -0.256 e. The summed E-state index contributed by atoms with van der Waals surface area (Å²) in [4.78, 5) is 4.59. The van der Waals surface area contributed by atoms with Gasteiger partial charge in [0.2, 0.25) is 0 Å². The number of hydrogen-bond acceptors (Lipinski definition) is 1. The number of pyridine rings is 1. The van der Waals surface area contributed by atoms with Crippen molar-refractivity contribution in [3.8, 4) is 22.4 Å². The maximum atomic E-state index is 4.59. The van der Waals surface area contributed by atoms with Gasteiger partial charge in [-0.25, -0.2) is 0 Å². The average Bonchev–Trinajstić information content (AvgIpc) is 2.49. The molecule has 0 unspecified atom stereocenters. The fourth-order valence-corrected chi connectivity index (χ4v) is 2.24. The van der Waals surface area contributed by atoms with Crippen molar-refractivity contribution in [2.75, 3.05) is 0 Å². The van der Waals surface area contributed by atoms with Gasteiger partial charge in [0.1, 0.15) is 0 Å². The summed E-state index contributed by atoms with van der Waals surface area (Å²) in [5, 5.41) is 0. The summed E-state index contributed by atoms with van der Waals surface area (Å²) in [5.74, 6) is 0. The van der Waals surface area contributed by atoms with E-state index in [1.54, 1.807) is 0 Å². The molecule has 3 rings (SSSR count). The van der Waals surface area contributed by atoms with E-state index in [1.165, 1.54) is 16.7 Å². The smallest absolute Gasteiger partial charge is 0.256 e. The summed E-state index contributed by atoms with van der Waals surface area (Å²) in [6.45, 7) is 2.14. The van der Waals surface area contributed by atoms with Gasteiger partial charge in [-0.1, -0.05) is 60.7 Å². The van der Waals surface area contributed by atoms with Crippen LogP contribution in [-0.4, -0.2) is 4.98 Å². The standard InChI is InChI=1S/C18H15N.Ir/c1-14-12-18(16-10-6-3-7-11-16)19-13-17(14)15-8-4-2-5-9-15;/h2-13H,1H3;/q;+3. The third kappa shape index (κ3) is 3.04. The molecule has 0 aliphatic rings. The number of rotatable bonds is 2. The first kappa shape index (κ1) is 14.6. The Morgan fingerprint density at radius 2 is 1.30 bits per heavy atom. The maximum Gasteiger partial charge on any atom is 3.00 e. The summed E-state index contributed by atoms with van der Waals surface area (Å²) in [5.41, 5.74) is 5.84. The first-order valence-corrected chi connectivity index (χ1v) is 6.42. The van der Waals surface area contributed by atoms with E-state index in [0.717, 1.165) is 11.3 Å². The van der Waals surface area contributed by atoms with Crippen molar-refractivity contribution < 1.29 is 20.1 Å². The molecule has 0 atom stereocenters. The van der Waals surface area contributed by atoms with Crippen LogP contribution in [0.3, 0.4) is 0 Å². The van der Waals surface area contributed by atoms with Crippen molar-refractivity contribution in [3.05, 3.63) is 78.5 Å². The van der Waals surface area contributed by atoms with E-state index in [-0.39, 0.29) is 20.1 Å². The van der Waals surface area contributed by atoms with Crippen molar-refractivity contribution in [3.63, 3.8) is 0 Å². The average molecular weight is 438 g/mol. The summed E-state index contributed by atoms with van der Waals surface area (Å²) in [6, 6.07) is 22.8. The zero-order valence-electron chi connectivity index (χ0n) is 11.2. The van der Waals surface area contributed by atoms with E-state index >= 15 is 0 Å². The zero-order chi connectivity index (χ0) is 13.1. The molecule has 2 aromatic carbocycles. The van der Waals surface area contributed by atoms with Gasteiger partial charge >= 0.3 is 20.1 Å². The first-order chi connectivity index (χ1) is 9.34. The Morgan fingerprint density at radius 3 is 1.85 bits per heavy atom. The predicted octanol–water partition coefficient (Wildman–Crippen LogP) is 4.72. The Kier molecular flexibility index (Phi) is 4.83. The van der Waals surface area contributed by atoms with Crippen LogP contribution >= 0.6 is 0 Å².